The number of hydrogen-bond acceptors (Lipinski definition) is 3. The molecule has 0 aromatic heterocycles. The van der Waals surface area contributed by atoms with Gasteiger partial charge < -0.3 is 10.1 Å². The van der Waals surface area contributed by atoms with Crippen LogP contribution in [0.15, 0.2) is 23.1 Å². The van der Waals surface area contributed by atoms with Gasteiger partial charge in [-0.25, -0.2) is 0 Å². The van der Waals surface area contributed by atoms with Crippen LogP contribution in [-0.2, 0) is 4.74 Å². The fourth-order valence-electron chi connectivity index (χ4n) is 1.42. The first-order valence-corrected chi connectivity index (χ1v) is 6.52. The van der Waals surface area contributed by atoms with E-state index in [4.69, 9.17) is 4.74 Å². The fraction of sp³-hybridized carbons (Fsp3) is 0.538. The summed E-state index contributed by atoms with van der Waals surface area (Å²) in [6.45, 7) is 5.06. The van der Waals surface area contributed by atoms with Crippen molar-refractivity contribution >= 4 is 11.8 Å². The molecule has 0 amide bonds. The van der Waals surface area contributed by atoms with Gasteiger partial charge in [-0.3, -0.25) is 0 Å². The van der Waals surface area contributed by atoms with Crippen LogP contribution in [0.3, 0.4) is 0 Å². The Hall–Kier alpha value is -0.510. The zero-order valence-electron chi connectivity index (χ0n) is 10.5. The minimum atomic E-state index is 0.414. The van der Waals surface area contributed by atoms with Gasteiger partial charge in [0.15, 0.2) is 0 Å². The number of rotatable bonds is 6. The molecule has 1 aromatic carbocycles. The van der Waals surface area contributed by atoms with Crippen molar-refractivity contribution in [2.75, 3.05) is 26.5 Å². The molecule has 16 heavy (non-hydrogen) atoms. The summed E-state index contributed by atoms with van der Waals surface area (Å²) in [5, 5.41) is 3.25. The van der Waals surface area contributed by atoms with Crippen molar-refractivity contribution in [2.45, 2.75) is 24.8 Å². The molecule has 0 radical (unpaired) electrons. The Morgan fingerprint density at radius 2 is 2.06 bits per heavy atom. The number of methoxy groups -OCH3 is 1. The van der Waals surface area contributed by atoms with E-state index >= 15 is 0 Å². The number of likely N-dealkylation sites (N-methyl/N-ethyl adjacent to an activating group) is 1. The van der Waals surface area contributed by atoms with Gasteiger partial charge in [0, 0.05) is 23.8 Å². The zero-order valence-corrected chi connectivity index (χ0v) is 11.4. The SMILES string of the molecule is CNC(COC)CSc1ccc(C)c(C)c1. The van der Waals surface area contributed by atoms with Crippen molar-refractivity contribution in [3.8, 4) is 0 Å². The van der Waals surface area contributed by atoms with E-state index in [2.05, 4.69) is 37.4 Å². The summed E-state index contributed by atoms with van der Waals surface area (Å²) in [4.78, 5) is 1.33. The molecule has 0 spiro atoms. The third kappa shape index (κ3) is 4.16. The van der Waals surface area contributed by atoms with Gasteiger partial charge in [0.25, 0.3) is 0 Å². The molecule has 1 aromatic rings. The second kappa shape index (κ2) is 6.94. The summed E-state index contributed by atoms with van der Waals surface area (Å²) in [6.07, 6.45) is 0. The molecule has 3 heteroatoms. The monoisotopic (exact) mass is 239 g/mol. The molecule has 0 heterocycles. The predicted octanol–water partition coefficient (Wildman–Crippen LogP) is 2.63. The molecule has 0 saturated heterocycles. The molecule has 1 unspecified atom stereocenters. The van der Waals surface area contributed by atoms with Crippen LogP contribution in [0.4, 0.5) is 0 Å². The van der Waals surface area contributed by atoms with Gasteiger partial charge in [0.05, 0.1) is 6.61 Å². The normalized spacial score (nSPS) is 12.8. The Bertz CT molecular complexity index is 328. The van der Waals surface area contributed by atoms with E-state index in [1.54, 1.807) is 7.11 Å². The van der Waals surface area contributed by atoms with Crippen molar-refractivity contribution in [1.82, 2.24) is 5.32 Å². The van der Waals surface area contributed by atoms with Crippen LogP contribution < -0.4 is 5.32 Å². The summed E-state index contributed by atoms with van der Waals surface area (Å²) in [5.41, 5.74) is 2.71. The van der Waals surface area contributed by atoms with Crippen molar-refractivity contribution in [3.63, 3.8) is 0 Å². The topological polar surface area (TPSA) is 21.3 Å². The number of benzene rings is 1. The van der Waals surface area contributed by atoms with Crippen LogP contribution in [0, 0.1) is 13.8 Å². The Balaban J connectivity index is 2.50. The number of thioether (sulfide) groups is 1. The molecule has 1 N–H and O–H groups in total. The van der Waals surface area contributed by atoms with Crippen molar-refractivity contribution in [1.29, 1.82) is 0 Å². The molecule has 0 aliphatic rings. The first-order chi connectivity index (χ1) is 7.67. The Morgan fingerprint density at radius 1 is 1.31 bits per heavy atom. The molecule has 0 aliphatic heterocycles. The summed E-state index contributed by atoms with van der Waals surface area (Å²) >= 11 is 1.87. The lowest BCUT2D eigenvalue weighted by Gasteiger charge is -2.14. The number of ether oxygens (including phenoxy) is 1. The number of aryl methyl sites for hydroxylation is 2. The van der Waals surface area contributed by atoms with E-state index in [1.165, 1.54) is 16.0 Å². The lowest BCUT2D eigenvalue weighted by Crippen LogP contribution is -2.32. The second-order valence-electron chi connectivity index (χ2n) is 4.00. The molecule has 2 nitrogen and oxygen atoms in total. The standard InChI is InChI=1S/C13H21NOS/c1-10-5-6-13(7-11(10)2)16-9-12(14-3)8-15-4/h5-7,12,14H,8-9H2,1-4H3. The second-order valence-corrected chi connectivity index (χ2v) is 5.09. The number of hydrogen-bond donors (Lipinski definition) is 1. The van der Waals surface area contributed by atoms with E-state index in [-0.39, 0.29) is 0 Å². The molecule has 0 saturated carbocycles. The average Bonchev–Trinajstić information content (AvgIpc) is 2.28. The van der Waals surface area contributed by atoms with Crippen LogP contribution in [0.1, 0.15) is 11.1 Å². The van der Waals surface area contributed by atoms with Gasteiger partial charge >= 0.3 is 0 Å². The summed E-state index contributed by atoms with van der Waals surface area (Å²) in [6, 6.07) is 7.03. The van der Waals surface area contributed by atoms with Crippen molar-refractivity contribution in [2.24, 2.45) is 0 Å². The third-order valence-electron chi connectivity index (χ3n) is 2.71. The van der Waals surface area contributed by atoms with Crippen LogP contribution in [0.2, 0.25) is 0 Å². The Labute approximate surface area is 103 Å². The van der Waals surface area contributed by atoms with Crippen molar-refractivity contribution in [3.05, 3.63) is 29.3 Å². The minimum Gasteiger partial charge on any atom is -0.383 e. The summed E-state index contributed by atoms with van der Waals surface area (Å²) in [7, 11) is 3.72. The van der Waals surface area contributed by atoms with Crippen LogP contribution >= 0.6 is 11.8 Å². The number of nitrogens with one attached hydrogen (secondary N) is 1. The van der Waals surface area contributed by atoms with Gasteiger partial charge in [0.1, 0.15) is 0 Å². The molecule has 90 valence electrons. The summed E-state index contributed by atoms with van der Waals surface area (Å²) in [5.74, 6) is 1.03. The van der Waals surface area contributed by atoms with Gasteiger partial charge in [-0.1, -0.05) is 6.07 Å². The molecule has 0 fully saturated rings. The molecule has 1 atom stereocenters. The maximum absolute atomic E-state index is 5.15. The van der Waals surface area contributed by atoms with Gasteiger partial charge in [-0.15, -0.1) is 11.8 Å². The highest BCUT2D eigenvalue weighted by molar-refractivity contribution is 7.99. The Morgan fingerprint density at radius 3 is 2.62 bits per heavy atom. The zero-order chi connectivity index (χ0) is 12.0. The van der Waals surface area contributed by atoms with Crippen LogP contribution in [0.5, 0.6) is 0 Å². The van der Waals surface area contributed by atoms with Gasteiger partial charge in [-0.2, -0.15) is 0 Å². The van der Waals surface area contributed by atoms with Crippen molar-refractivity contribution < 1.29 is 4.74 Å². The predicted molar refractivity (Wildman–Crippen MR) is 71.4 cm³/mol. The molecular formula is C13H21NOS. The van der Waals surface area contributed by atoms with E-state index < -0.39 is 0 Å². The maximum atomic E-state index is 5.15. The van der Waals surface area contributed by atoms with E-state index in [9.17, 15) is 0 Å². The van der Waals surface area contributed by atoms with Gasteiger partial charge in [0.2, 0.25) is 0 Å². The molecular weight excluding hydrogens is 218 g/mol. The largest absolute Gasteiger partial charge is 0.383 e. The minimum absolute atomic E-state index is 0.414. The quantitative estimate of drug-likeness (QED) is 0.771. The third-order valence-corrected chi connectivity index (χ3v) is 3.86. The highest BCUT2D eigenvalue weighted by Crippen LogP contribution is 2.21. The van der Waals surface area contributed by atoms with E-state index in [0.717, 1.165) is 12.4 Å². The average molecular weight is 239 g/mol. The highest BCUT2D eigenvalue weighted by Gasteiger charge is 2.06. The first-order valence-electron chi connectivity index (χ1n) is 5.53. The smallest absolute Gasteiger partial charge is 0.0623 e. The first kappa shape index (κ1) is 13.6. The van der Waals surface area contributed by atoms with Crippen LogP contribution in [-0.4, -0.2) is 32.6 Å². The Kier molecular flexibility index (Phi) is 5.88. The van der Waals surface area contributed by atoms with E-state index in [1.807, 2.05) is 18.8 Å². The summed E-state index contributed by atoms with van der Waals surface area (Å²) < 4.78 is 5.15. The lowest BCUT2D eigenvalue weighted by atomic mass is 10.1. The molecule has 0 bridgehead atoms. The molecule has 1 rings (SSSR count). The van der Waals surface area contributed by atoms with Gasteiger partial charge in [-0.05, 0) is 44.2 Å². The lowest BCUT2D eigenvalue weighted by molar-refractivity contribution is 0.177. The van der Waals surface area contributed by atoms with Crippen LogP contribution in [0.25, 0.3) is 0 Å². The van der Waals surface area contributed by atoms with E-state index in [0.29, 0.717) is 6.04 Å². The maximum Gasteiger partial charge on any atom is 0.0623 e. The fourth-order valence-corrected chi connectivity index (χ4v) is 2.50. The highest BCUT2D eigenvalue weighted by atomic mass is 32.2. The molecule has 0 aliphatic carbocycles.